The number of benzene rings is 1. The molecule has 108 valence electrons. The van der Waals surface area contributed by atoms with Crippen LogP contribution in [0.1, 0.15) is 38.4 Å². The molecule has 1 saturated carbocycles. The van der Waals surface area contributed by atoms with Gasteiger partial charge in [0.25, 0.3) is 0 Å². The van der Waals surface area contributed by atoms with Crippen LogP contribution in [0.15, 0.2) is 24.3 Å². The quantitative estimate of drug-likeness (QED) is 0.902. The van der Waals surface area contributed by atoms with Crippen molar-refractivity contribution in [2.45, 2.75) is 52.1 Å². The molecule has 1 fully saturated rings. The van der Waals surface area contributed by atoms with E-state index in [9.17, 15) is 0 Å². The molecule has 0 spiro atoms. The summed E-state index contributed by atoms with van der Waals surface area (Å²) in [4.78, 5) is 4.62. The van der Waals surface area contributed by atoms with Gasteiger partial charge in [0.15, 0.2) is 0 Å². The van der Waals surface area contributed by atoms with E-state index in [1.807, 2.05) is 0 Å². The fraction of sp³-hybridized carbons (Fsp3) is 0.588. The van der Waals surface area contributed by atoms with Crippen LogP contribution in [0.3, 0.4) is 0 Å². The van der Waals surface area contributed by atoms with E-state index in [2.05, 4.69) is 53.0 Å². The lowest BCUT2D eigenvalue weighted by atomic mass is 10.00. The first kappa shape index (κ1) is 13.6. The van der Waals surface area contributed by atoms with Gasteiger partial charge < -0.3 is 9.88 Å². The van der Waals surface area contributed by atoms with Crippen molar-refractivity contribution >= 4 is 11.0 Å². The zero-order chi connectivity index (χ0) is 13.9. The monoisotopic (exact) mass is 271 g/mol. The van der Waals surface area contributed by atoms with E-state index in [0.29, 0.717) is 6.04 Å². The van der Waals surface area contributed by atoms with Crippen molar-refractivity contribution in [2.24, 2.45) is 5.92 Å². The van der Waals surface area contributed by atoms with Gasteiger partial charge in [0.2, 0.25) is 0 Å². The standard InChI is InChI=1S/C17H25N3/c1-13(15-7-3-4-8-15)18-11-12-20-14(2)19-16-9-5-6-10-17(16)20/h5-6,9-10,13,15,18H,3-4,7-8,11-12H2,1-2H3. The van der Waals surface area contributed by atoms with Gasteiger partial charge in [-0.2, -0.15) is 0 Å². The zero-order valence-electron chi connectivity index (χ0n) is 12.6. The predicted molar refractivity (Wildman–Crippen MR) is 83.9 cm³/mol. The summed E-state index contributed by atoms with van der Waals surface area (Å²) in [7, 11) is 0. The van der Waals surface area contributed by atoms with E-state index in [1.165, 1.54) is 31.2 Å². The van der Waals surface area contributed by atoms with Crippen LogP contribution in [0.5, 0.6) is 0 Å². The Hall–Kier alpha value is -1.35. The van der Waals surface area contributed by atoms with Crippen molar-refractivity contribution in [3.05, 3.63) is 30.1 Å². The highest BCUT2D eigenvalue weighted by Gasteiger charge is 2.20. The molecule has 1 aliphatic rings. The van der Waals surface area contributed by atoms with Crippen molar-refractivity contribution in [1.29, 1.82) is 0 Å². The molecule has 0 radical (unpaired) electrons. The first-order valence-electron chi connectivity index (χ1n) is 7.91. The van der Waals surface area contributed by atoms with Gasteiger partial charge >= 0.3 is 0 Å². The van der Waals surface area contributed by atoms with Crippen molar-refractivity contribution in [1.82, 2.24) is 14.9 Å². The highest BCUT2D eigenvalue weighted by molar-refractivity contribution is 5.75. The van der Waals surface area contributed by atoms with Crippen LogP contribution in [0.25, 0.3) is 11.0 Å². The summed E-state index contributed by atoms with van der Waals surface area (Å²) in [6.07, 6.45) is 5.65. The third kappa shape index (κ3) is 2.73. The lowest BCUT2D eigenvalue weighted by molar-refractivity contribution is 0.375. The number of para-hydroxylation sites is 2. The lowest BCUT2D eigenvalue weighted by Crippen LogP contribution is -2.34. The summed E-state index contributed by atoms with van der Waals surface area (Å²) in [6, 6.07) is 9.05. The van der Waals surface area contributed by atoms with Gasteiger partial charge in [-0.05, 0) is 44.7 Å². The minimum Gasteiger partial charge on any atom is -0.327 e. The van der Waals surface area contributed by atoms with Crippen LogP contribution >= 0.6 is 0 Å². The van der Waals surface area contributed by atoms with Gasteiger partial charge in [-0.25, -0.2) is 4.98 Å². The molecule has 0 saturated heterocycles. The number of fused-ring (bicyclic) bond motifs is 1. The molecule has 2 aromatic rings. The molecule has 0 bridgehead atoms. The van der Waals surface area contributed by atoms with E-state index in [1.54, 1.807) is 0 Å². The van der Waals surface area contributed by atoms with Crippen LogP contribution in [-0.4, -0.2) is 22.1 Å². The maximum Gasteiger partial charge on any atom is 0.106 e. The van der Waals surface area contributed by atoms with Crippen LogP contribution in [0, 0.1) is 12.8 Å². The van der Waals surface area contributed by atoms with Gasteiger partial charge in [-0.15, -0.1) is 0 Å². The summed E-state index contributed by atoms with van der Waals surface area (Å²) in [6.45, 7) is 6.47. The molecule has 1 N–H and O–H groups in total. The number of nitrogens with one attached hydrogen (secondary N) is 1. The van der Waals surface area contributed by atoms with Gasteiger partial charge in [0.05, 0.1) is 11.0 Å². The average molecular weight is 271 g/mol. The Morgan fingerprint density at radius 2 is 2.05 bits per heavy atom. The molecule has 1 aromatic carbocycles. The zero-order valence-corrected chi connectivity index (χ0v) is 12.6. The molecule has 1 atom stereocenters. The Labute approximate surface area is 121 Å². The number of nitrogens with zero attached hydrogens (tertiary/aromatic N) is 2. The van der Waals surface area contributed by atoms with E-state index in [4.69, 9.17) is 0 Å². The Morgan fingerprint density at radius 1 is 1.30 bits per heavy atom. The largest absolute Gasteiger partial charge is 0.327 e. The van der Waals surface area contributed by atoms with Crippen molar-refractivity contribution in [3.8, 4) is 0 Å². The Morgan fingerprint density at radius 3 is 2.85 bits per heavy atom. The Bertz CT molecular complexity index is 567. The summed E-state index contributed by atoms with van der Waals surface area (Å²) in [5.41, 5.74) is 2.36. The molecule has 1 aromatic heterocycles. The second kappa shape index (κ2) is 5.96. The van der Waals surface area contributed by atoms with Crippen molar-refractivity contribution in [3.63, 3.8) is 0 Å². The number of aromatic nitrogens is 2. The van der Waals surface area contributed by atoms with Crippen LogP contribution in [0.4, 0.5) is 0 Å². The molecule has 3 nitrogen and oxygen atoms in total. The first-order valence-corrected chi connectivity index (χ1v) is 7.91. The topological polar surface area (TPSA) is 29.9 Å². The van der Waals surface area contributed by atoms with Crippen LogP contribution in [-0.2, 0) is 6.54 Å². The minimum absolute atomic E-state index is 0.646. The SMILES string of the molecule is Cc1nc2ccccc2n1CCNC(C)C1CCCC1. The van der Waals surface area contributed by atoms with Gasteiger partial charge in [-0.1, -0.05) is 25.0 Å². The molecular weight excluding hydrogens is 246 g/mol. The molecule has 0 aliphatic heterocycles. The Balaban J connectivity index is 1.61. The summed E-state index contributed by atoms with van der Waals surface area (Å²) >= 11 is 0. The molecule has 1 aliphatic carbocycles. The van der Waals surface area contributed by atoms with E-state index in [-0.39, 0.29) is 0 Å². The minimum atomic E-state index is 0.646. The summed E-state index contributed by atoms with van der Waals surface area (Å²) in [5.74, 6) is 2.00. The van der Waals surface area contributed by atoms with Crippen molar-refractivity contribution < 1.29 is 0 Å². The Kier molecular flexibility index (Phi) is 4.06. The van der Waals surface area contributed by atoms with Gasteiger partial charge in [-0.3, -0.25) is 0 Å². The van der Waals surface area contributed by atoms with E-state index >= 15 is 0 Å². The van der Waals surface area contributed by atoms with Crippen LogP contribution < -0.4 is 5.32 Å². The number of hydrogen-bond acceptors (Lipinski definition) is 2. The molecule has 1 heterocycles. The molecule has 3 rings (SSSR count). The number of imidazole rings is 1. The lowest BCUT2D eigenvalue weighted by Gasteiger charge is -2.20. The fourth-order valence-corrected chi connectivity index (χ4v) is 3.51. The third-order valence-electron chi connectivity index (χ3n) is 4.75. The van der Waals surface area contributed by atoms with E-state index in [0.717, 1.165) is 30.3 Å². The summed E-state index contributed by atoms with van der Waals surface area (Å²) in [5, 5.41) is 3.71. The molecule has 20 heavy (non-hydrogen) atoms. The maximum atomic E-state index is 4.62. The molecule has 1 unspecified atom stereocenters. The van der Waals surface area contributed by atoms with E-state index < -0.39 is 0 Å². The average Bonchev–Trinajstić information content (AvgIpc) is 3.07. The summed E-state index contributed by atoms with van der Waals surface area (Å²) < 4.78 is 2.32. The highest BCUT2D eigenvalue weighted by atomic mass is 15.1. The molecule has 0 amide bonds. The smallest absolute Gasteiger partial charge is 0.106 e. The normalized spacial score (nSPS) is 17.9. The predicted octanol–water partition coefficient (Wildman–Crippen LogP) is 3.51. The third-order valence-corrected chi connectivity index (χ3v) is 4.75. The molecule has 3 heteroatoms. The number of aryl methyl sites for hydroxylation is 1. The van der Waals surface area contributed by atoms with Gasteiger partial charge in [0, 0.05) is 19.1 Å². The van der Waals surface area contributed by atoms with Crippen molar-refractivity contribution in [2.75, 3.05) is 6.54 Å². The fourth-order valence-electron chi connectivity index (χ4n) is 3.51. The second-order valence-corrected chi connectivity index (χ2v) is 6.09. The number of rotatable bonds is 5. The maximum absolute atomic E-state index is 4.62. The highest BCUT2D eigenvalue weighted by Crippen LogP contribution is 2.27. The number of hydrogen-bond donors (Lipinski definition) is 1. The first-order chi connectivity index (χ1) is 9.75. The van der Waals surface area contributed by atoms with Gasteiger partial charge in [0.1, 0.15) is 5.82 Å². The van der Waals surface area contributed by atoms with Crippen LogP contribution in [0.2, 0.25) is 0 Å². The molecular formula is C17H25N3. The second-order valence-electron chi connectivity index (χ2n) is 6.09.